The van der Waals surface area contributed by atoms with Gasteiger partial charge in [0, 0.05) is 4.47 Å². The lowest BCUT2D eigenvalue weighted by Crippen LogP contribution is -2.11. The summed E-state index contributed by atoms with van der Waals surface area (Å²) in [6.07, 6.45) is 0. The zero-order chi connectivity index (χ0) is 11.7. The molecule has 15 heavy (non-hydrogen) atoms. The van der Waals surface area contributed by atoms with E-state index in [1.165, 1.54) is 0 Å². The first kappa shape index (κ1) is 12.3. The summed E-state index contributed by atoms with van der Waals surface area (Å²) in [5.74, 6) is -1.72. The van der Waals surface area contributed by atoms with Crippen LogP contribution in [0.15, 0.2) is 4.47 Å². The highest BCUT2D eigenvalue weighted by atomic mass is 79.9. The molecule has 0 saturated carbocycles. The first-order chi connectivity index (χ1) is 6.91. The van der Waals surface area contributed by atoms with Crippen LogP contribution in [-0.2, 0) is 4.74 Å². The van der Waals surface area contributed by atoms with E-state index in [0.717, 1.165) is 7.11 Å². The average Bonchev–Trinajstić information content (AvgIpc) is 2.23. The van der Waals surface area contributed by atoms with Gasteiger partial charge in [-0.15, -0.1) is 0 Å². The maximum Gasteiger partial charge on any atom is 0.343 e. The lowest BCUT2D eigenvalue weighted by Gasteiger charge is -2.11. The van der Waals surface area contributed by atoms with E-state index in [1.54, 1.807) is 6.92 Å². The van der Waals surface area contributed by atoms with Gasteiger partial charge in [-0.2, -0.15) is 0 Å². The Morgan fingerprint density at radius 1 is 1.60 bits per heavy atom. The van der Waals surface area contributed by atoms with E-state index >= 15 is 0 Å². The molecule has 1 aromatic rings. The molecule has 0 saturated heterocycles. The molecule has 0 unspecified atom stereocenters. The van der Waals surface area contributed by atoms with Crippen LogP contribution >= 0.6 is 27.5 Å². The number of ether oxygens (including phenoxy) is 1. The summed E-state index contributed by atoms with van der Waals surface area (Å²) < 4.78 is 18.4. The van der Waals surface area contributed by atoms with Crippen LogP contribution in [0.1, 0.15) is 15.9 Å². The number of carbonyl (C=O) groups excluding carboxylic acids is 1. The van der Waals surface area contributed by atoms with Crippen molar-refractivity contribution >= 4 is 39.2 Å². The Kier molecular flexibility index (Phi) is 3.57. The second kappa shape index (κ2) is 4.37. The number of esters is 1. The molecule has 6 heteroatoms. The molecule has 0 atom stereocenters. The minimum atomic E-state index is -0.876. The topological polar surface area (TPSA) is 52.3 Å². The van der Waals surface area contributed by atoms with Crippen LogP contribution in [0.5, 0.6) is 0 Å². The Hall–Kier alpha value is -0.810. The van der Waals surface area contributed by atoms with Crippen molar-refractivity contribution in [2.24, 2.45) is 0 Å². The lowest BCUT2D eigenvalue weighted by molar-refractivity contribution is 0.0596. The molecule has 0 aliphatic rings. The van der Waals surface area contributed by atoms with E-state index in [9.17, 15) is 9.18 Å². The number of nitrogen functional groups attached to an aromatic ring is 1. The van der Waals surface area contributed by atoms with Gasteiger partial charge in [0.1, 0.15) is 5.56 Å². The molecule has 0 aliphatic carbocycles. The maximum absolute atomic E-state index is 13.6. The molecule has 0 spiro atoms. The minimum Gasteiger partial charge on any atom is -0.465 e. The Balaban J connectivity index is 3.60. The SMILES string of the molecule is COC(=O)c1c(N)c(C)c(Br)c(Cl)c1F. The number of methoxy groups -OCH3 is 1. The average molecular weight is 297 g/mol. The van der Waals surface area contributed by atoms with Crippen molar-refractivity contribution in [2.75, 3.05) is 12.8 Å². The molecule has 0 heterocycles. The van der Waals surface area contributed by atoms with Crippen molar-refractivity contribution in [3.8, 4) is 0 Å². The molecule has 82 valence electrons. The zero-order valence-corrected chi connectivity index (χ0v) is 10.4. The fourth-order valence-corrected chi connectivity index (χ4v) is 1.72. The third kappa shape index (κ3) is 1.94. The highest BCUT2D eigenvalue weighted by Gasteiger charge is 2.23. The van der Waals surface area contributed by atoms with Crippen LogP contribution in [0.3, 0.4) is 0 Å². The molecule has 3 nitrogen and oxygen atoms in total. The van der Waals surface area contributed by atoms with Crippen LogP contribution < -0.4 is 5.73 Å². The number of rotatable bonds is 1. The van der Waals surface area contributed by atoms with Gasteiger partial charge in [0.05, 0.1) is 17.8 Å². The molecule has 0 radical (unpaired) electrons. The maximum atomic E-state index is 13.6. The first-order valence-electron chi connectivity index (χ1n) is 3.92. The van der Waals surface area contributed by atoms with Crippen molar-refractivity contribution in [3.63, 3.8) is 0 Å². The lowest BCUT2D eigenvalue weighted by atomic mass is 10.1. The van der Waals surface area contributed by atoms with Crippen molar-refractivity contribution in [3.05, 3.63) is 26.4 Å². The van der Waals surface area contributed by atoms with Gasteiger partial charge in [-0.25, -0.2) is 9.18 Å². The second-order valence-corrected chi connectivity index (χ2v) is 4.02. The van der Waals surface area contributed by atoms with Crippen LogP contribution in [0.2, 0.25) is 5.02 Å². The number of hydrogen-bond donors (Lipinski definition) is 1. The number of nitrogens with two attached hydrogens (primary N) is 1. The highest BCUT2D eigenvalue weighted by Crippen LogP contribution is 2.36. The first-order valence-corrected chi connectivity index (χ1v) is 5.09. The van der Waals surface area contributed by atoms with Gasteiger partial charge in [-0.3, -0.25) is 0 Å². The van der Waals surface area contributed by atoms with Gasteiger partial charge in [0.15, 0.2) is 5.82 Å². The summed E-state index contributed by atoms with van der Waals surface area (Å²) in [4.78, 5) is 11.3. The summed E-state index contributed by atoms with van der Waals surface area (Å²) >= 11 is 8.76. The fraction of sp³-hybridized carbons (Fsp3) is 0.222. The van der Waals surface area contributed by atoms with Crippen LogP contribution in [0, 0.1) is 12.7 Å². The van der Waals surface area contributed by atoms with Gasteiger partial charge in [-0.1, -0.05) is 11.6 Å². The van der Waals surface area contributed by atoms with Crippen LogP contribution in [0.25, 0.3) is 0 Å². The molecule has 0 fully saturated rings. The van der Waals surface area contributed by atoms with Crippen LogP contribution in [0.4, 0.5) is 10.1 Å². The van der Waals surface area contributed by atoms with E-state index in [4.69, 9.17) is 17.3 Å². The second-order valence-electron chi connectivity index (χ2n) is 2.85. The number of benzene rings is 1. The molecule has 1 rings (SSSR count). The van der Waals surface area contributed by atoms with Crippen LogP contribution in [-0.4, -0.2) is 13.1 Å². The summed E-state index contributed by atoms with van der Waals surface area (Å²) in [7, 11) is 1.15. The van der Waals surface area contributed by atoms with Gasteiger partial charge in [0.25, 0.3) is 0 Å². The summed E-state index contributed by atoms with van der Waals surface area (Å²) in [6.45, 7) is 1.62. The summed E-state index contributed by atoms with van der Waals surface area (Å²) in [6, 6.07) is 0. The standard InChI is InChI=1S/C9H8BrClFNO2/c1-3-5(10)6(11)7(12)4(8(3)13)9(14)15-2/h13H2,1-2H3. The molecule has 2 N–H and O–H groups in total. The molecule has 0 amide bonds. The van der Waals surface area contributed by atoms with Gasteiger partial charge < -0.3 is 10.5 Å². The predicted molar refractivity (Wildman–Crippen MR) is 59.6 cm³/mol. The highest BCUT2D eigenvalue weighted by molar-refractivity contribution is 9.10. The van der Waals surface area contributed by atoms with E-state index in [1.807, 2.05) is 0 Å². The molecular weight excluding hydrogens is 288 g/mol. The fourth-order valence-electron chi connectivity index (χ4n) is 1.10. The molecule has 0 aliphatic heterocycles. The largest absolute Gasteiger partial charge is 0.465 e. The number of anilines is 1. The zero-order valence-electron chi connectivity index (χ0n) is 8.03. The molecule has 1 aromatic carbocycles. The Morgan fingerprint density at radius 2 is 2.13 bits per heavy atom. The van der Waals surface area contributed by atoms with E-state index in [-0.39, 0.29) is 16.3 Å². The normalized spacial score (nSPS) is 10.2. The Morgan fingerprint density at radius 3 is 2.60 bits per heavy atom. The summed E-state index contributed by atoms with van der Waals surface area (Å²) in [5.41, 5.74) is 5.80. The monoisotopic (exact) mass is 295 g/mol. The smallest absolute Gasteiger partial charge is 0.343 e. The molecule has 0 bridgehead atoms. The van der Waals surface area contributed by atoms with Crippen molar-refractivity contribution < 1.29 is 13.9 Å². The Bertz CT molecular complexity index is 408. The van der Waals surface area contributed by atoms with Crippen molar-refractivity contribution in [2.45, 2.75) is 6.92 Å². The molecule has 0 aromatic heterocycles. The summed E-state index contributed by atoms with van der Waals surface area (Å²) in [5, 5.41) is -0.179. The third-order valence-electron chi connectivity index (χ3n) is 2.00. The van der Waals surface area contributed by atoms with Gasteiger partial charge in [0.2, 0.25) is 0 Å². The van der Waals surface area contributed by atoms with E-state index in [0.29, 0.717) is 10.0 Å². The van der Waals surface area contributed by atoms with Gasteiger partial charge in [-0.05, 0) is 28.4 Å². The quantitative estimate of drug-likeness (QED) is 0.492. The number of halogens is 3. The van der Waals surface area contributed by atoms with E-state index < -0.39 is 11.8 Å². The van der Waals surface area contributed by atoms with E-state index in [2.05, 4.69) is 20.7 Å². The van der Waals surface area contributed by atoms with Crippen molar-refractivity contribution in [1.82, 2.24) is 0 Å². The Labute approximate surface area is 99.5 Å². The predicted octanol–water partition coefficient (Wildman–Crippen LogP) is 2.92. The van der Waals surface area contributed by atoms with Crippen molar-refractivity contribution in [1.29, 1.82) is 0 Å². The third-order valence-corrected chi connectivity index (χ3v) is 3.57. The number of hydrogen-bond acceptors (Lipinski definition) is 3. The number of carbonyl (C=O) groups is 1. The minimum absolute atomic E-state index is 0.0237. The molecular formula is C9H8BrClFNO2. The van der Waals surface area contributed by atoms with Gasteiger partial charge >= 0.3 is 5.97 Å².